The first-order valence-electron chi connectivity index (χ1n) is 4.04. The van der Waals surface area contributed by atoms with Crippen LogP contribution in [0.2, 0.25) is 0 Å². The molecule has 0 aliphatic carbocycles. The maximum Gasteiger partial charge on any atom is 0.131 e. The van der Waals surface area contributed by atoms with E-state index in [-0.39, 0.29) is 5.82 Å². The van der Waals surface area contributed by atoms with E-state index < -0.39 is 0 Å². The Balaban J connectivity index is 3.15. The van der Waals surface area contributed by atoms with Crippen molar-refractivity contribution in [2.75, 3.05) is 0 Å². The van der Waals surface area contributed by atoms with Crippen molar-refractivity contribution in [1.82, 2.24) is 0 Å². The molecule has 1 rings (SSSR count). The van der Waals surface area contributed by atoms with Gasteiger partial charge < -0.3 is 0 Å². The Labute approximate surface area is 77.6 Å². The molecular formula is C11H12FN. The van der Waals surface area contributed by atoms with Crippen LogP contribution in [0.15, 0.2) is 29.4 Å². The van der Waals surface area contributed by atoms with Crippen LogP contribution in [0.5, 0.6) is 0 Å². The van der Waals surface area contributed by atoms with Crippen LogP contribution in [-0.2, 0) is 0 Å². The maximum absolute atomic E-state index is 13.3. The van der Waals surface area contributed by atoms with Gasteiger partial charge in [0.05, 0.1) is 0 Å². The van der Waals surface area contributed by atoms with Gasteiger partial charge in [-0.2, -0.15) is 0 Å². The van der Waals surface area contributed by atoms with Crippen molar-refractivity contribution in [3.63, 3.8) is 0 Å². The molecule has 0 unspecified atom stereocenters. The summed E-state index contributed by atoms with van der Waals surface area (Å²) in [6.07, 6.45) is 1.55. The zero-order chi connectivity index (χ0) is 9.84. The van der Waals surface area contributed by atoms with E-state index in [1.165, 1.54) is 6.07 Å². The zero-order valence-electron chi connectivity index (χ0n) is 7.84. The van der Waals surface area contributed by atoms with Crippen LogP contribution in [-0.4, -0.2) is 6.72 Å². The van der Waals surface area contributed by atoms with Crippen LogP contribution in [0.4, 0.5) is 4.39 Å². The van der Waals surface area contributed by atoms with Crippen LogP contribution in [0.1, 0.15) is 18.1 Å². The smallest absolute Gasteiger partial charge is 0.131 e. The number of aliphatic imine (C=N–C) groups is 1. The predicted molar refractivity (Wildman–Crippen MR) is 54.3 cm³/mol. The molecule has 0 aliphatic rings. The van der Waals surface area contributed by atoms with Gasteiger partial charge in [-0.25, -0.2) is 4.39 Å². The molecule has 13 heavy (non-hydrogen) atoms. The lowest BCUT2D eigenvalue weighted by molar-refractivity contribution is 0.622. The summed E-state index contributed by atoms with van der Waals surface area (Å²) < 4.78 is 13.3. The van der Waals surface area contributed by atoms with Crippen molar-refractivity contribution >= 4 is 12.3 Å². The van der Waals surface area contributed by atoms with E-state index in [0.29, 0.717) is 5.56 Å². The normalized spacial score (nSPS) is 11.5. The number of halogens is 1. The third-order valence-electron chi connectivity index (χ3n) is 1.83. The fourth-order valence-corrected chi connectivity index (χ4v) is 1.15. The predicted octanol–water partition coefficient (Wildman–Crippen LogP) is 3.20. The second kappa shape index (κ2) is 3.99. The first-order chi connectivity index (χ1) is 6.15. The average molecular weight is 177 g/mol. The number of hydrogen-bond donors (Lipinski definition) is 0. The summed E-state index contributed by atoms with van der Waals surface area (Å²) in [4.78, 5) is 3.60. The van der Waals surface area contributed by atoms with Gasteiger partial charge in [-0.15, -0.1) is 0 Å². The Morgan fingerprint density at radius 3 is 2.77 bits per heavy atom. The number of rotatable bonds is 2. The summed E-state index contributed by atoms with van der Waals surface area (Å²) in [6.45, 7) is 6.99. The molecule has 1 nitrogen and oxygen atoms in total. The molecule has 0 aromatic heterocycles. The minimum absolute atomic E-state index is 0.211. The van der Waals surface area contributed by atoms with E-state index >= 15 is 0 Å². The van der Waals surface area contributed by atoms with Gasteiger partial charge in [-0.05, 0) is 37.8 Å². The quantitative estimate of drug-likeness (QED) is 0.615. The minimum Gasteiger partial charge on any atom is -0.272 e. The van der Waals surface area contributed by atoms with Crippen molar-refractivity contribution in [2.45, 2.75) is 13.8 Å². The van der Waals surface area contributed by atoms with Gasteiger partial charge in [-0.1, -0.05) is 12.1 Å². The molecule has 0 radical (unpaired) electrons. The summed E-state index contributed by atoms with van der Waals surface area (Å²) in [7, 11) is 0. The van der Waals surface area contributed by atoms with E-state index in [2.05, 4.69) is 11.7 Å². The molecule has 0 heterocycles. The Morgan fingerprint density at radius 2 is 2.23 bits per heavy atom. The fourth-order valence-electron chi connectivity index (χ4n) is 1.15. The molecule has 1 aromatic carbocycles. The third kappa shape index (κ3) is 2.25. The lowest BCUT2D eigenvalue weighted by Crippen LogP contribution is -1.87. The average Bonchev–Trinajstić information content (AvgIpc) is 2.04. The lowest BCUT2D eigenvalue weighted by atomic mass is 10.1. The highest BCUT2D eigenvalue weighted by Gasteiger charge is 2.02. The van der Waals surface area contributed by atoms with Gasteiger partial charge >= 0.3 is 0 Å². The summed E-state index contributed by atoms with van der Waals surface area (Å²) in [5.74, 6) is -0.211. The highest BCUT2D eigenvalue weighted by Crippen LogP contribution is 2.18. The molecule has 1 aromatic rings. The standard InChI is InChI=1S/C11H12FN/c1-8-4-5-10(11(12)6-8)9(2)7-13-3/h4-7H,3H2,1-2H3/b9-7+. The van der Waals surface area contributed by atoms with E-state index in [0.717, 1.165) is 11.1 Å². The van der Waals surface area contributed by atoms with Gasteiger partial charge in [0, 0.05) is 11.8 Å². The fraction of sp³-hybridized carbons (Fsp3) is 0.182. The monoisotopic (exact) mass is 177 g/mol. The molecule has 2 heteroatoms. The zero-order valence-corrected chi connectivity index (χ0v) is 7.84. The Hall–Kier alpha value is -1.44. The molecule has 0 atom stereocenters. The molecule has 0 spiro atoms. The van der Waals surface area contributed by atoms with Crippen LogP contribution in [0.3, 0.4) is 0 Å². The van der Waals surface area contributed by atoms with Crippen molar-refractivity contribution in [1.29, 1.82) is 0 Å². The molecule has 0 aliphatic heterocycles. The first-order valence-corrected chi connectivity index (χ1v) is 4.04. The molecule has 0 bridgehead atoms. The Kier molecular flexibility index (Phi) is 2.96. The van der Waals surface area contributed by atoms with Crippen molar-refractivity contribution in [2.24, 2.45) is 4.99 Å². The van der Waals surface area contributed by atoms with Crippen LogP contribution < -0.4 is 0 Å². The molecule has 0 fully saturated rings. The summed E-state index contributed by atoms with van der Waals surface area (Å²) >= 11 is 0. The minimum atomic E-state index is -0.211. The van der Waals surface area contributed by atoms with Gasteiger partial charge in [-0.3, -0.25) is 4.99 Å². The second-order valence-electron chi connectivity index (χ2n) is 2.98. The molecular weight excluding hydrogens is 165 g/mol. The number of nitrogens with zero attached hydrogens (tertiary/aromatic N) is 1. The number of aryl methyl sites for hydroxylation is 1. The largest absolute Gasteiger partial charge is 0.272 e. The van der Waals surface area contributed by atoms with E-state index in [1.54, 1.807) is 12.3 Å². The van der Waals surface area contributed by atoms with Crippen molar-refractivity contribution < 1.29 is 4.39 Å². The van der Waals surface area contributed by atoms with Gasteiger partial charge in [0.2, 0.25) is 0 Å². The van der Waals surface area contributed by atoms with E-state index in [9.17, 15) is 4.39 Å². The van der Waals surface area contributed by atoms with Gasteiger partial charge in [0.25, 0.3) is 0 Å². The number of benzene rings is 1. The van der Waals surface area contributed by atoms with Gasteiger partial charge in [0.1, 0.15) is 5.82 Å². The maximum atomic E-state index is 13.3. The number of allylic oxidation sites excluding steroid dienone is 1. The Morgan fingerprint density at radius 1 is 1.54 bits per heavy atom. The van der Waals surface area contributed by atoms with Crippen molar-refractivity contribution in [3.8, 4) is 0 Å². The summed E-state index contributed by atoms with van der Waals surface area (Å²) in [6, 6.07) is 5.14. The summed E-state index contributed by atoms with van der Waals surface area (Å²) in [5, 5.41) is 0. The molecule has 0 saturated heterocycles. The molecule has 68 valence electrons. The van der Waals surface area contributed by atoms with E-state index in [1.807, 2.05) is 19.9 Å². The topological polar surface area (TPSA) is 12.4 Å². The lowest BCUT2D eigenvalue weighted by Gasteiger charge is -2.02. The summed E-state index contributed by atoms with van der Waals surface area (Å²) in [5.41, 5.74) is 2.28. The van der Waals surface area contributed by atoms with Crippen LogP contribution in [0.25, 0.3) is 5.57 Å². The number of hydrogen-bond acceptors (Lipinski definition) is 1. The second-order valence-corrected chi connectivity index (χ2v) is 2.98. The van der Waals surface area contributed by atoms with E-state index in [4.69, 9.17) is 0 Å². The van der Waals surface area contributed by atoms with Crippen LogP contribution in [0, 0.1) is 12.7 Å². The Bertz CT molecular complexity index is 353. The molecule has 0 amide bonds. The van der Waals surface area contributed by atoms with Crippen molar-refractivity contribution in [3.05, 3.63) is 41.3 Å². The SMILES string of the molecule is C=N/C=C(\C)c1ccc(C)cc1F. The third-order valence-corrected chi connectivity index (χ3v) is 1.83. The first kappa shape index (κ1) is 9.65. The highest BCUT2D eigenvalue weighted by atomic mass is 19.1. The molecule has 0 N–H and O–H groups in total. The molecule has 0 saturated carbocycles. The van der Waals surface area contributed by atoms with Crippen LogP contribution >= 0.6 is 0 Å². The van der Waals surface area contributed by atoms with Gasteiger partial charge in [0.15, 0.2) is 0 Å². The highest BCUT2D eigenvalue weighted by molar-refractivity contribution is 5.64.